The Morgan fingerprint density at radius 3 is 2.00 bits per heavy atom. The zero-order valence-corrected chi connectivity index (χ0v) is 19.7. The monoisotopic (exact) mass is 402 g/mol. The summed E-state index contributed by atoms with van der Waals surface area (Å²) < 4.78 is 6.50. The van der Waals surface area contributed by atoms with E-state index in [1.165, 1.54) is 32.1 Å². The molecule has 28 heavy (non-hydrogen) atoms. The fourth-order valence-electron chi connectivity index (χ4n) is 5.91. The summed E-state index contributed by atoms with van der Waals surface area (Å²) in [6.07, 6.45) is 12.2. The summed E-state index contributed by atoms with van der Waals surface area (Å²) in [6, 6.07) is 0. The SMILES string of the molecule is CC(C)(C)[Si](C)(C)OC[C@@H]1C[C@H]1[C@@H]1C[C@@H]1[C@H]1C[C@@H]1[C@@H]1C[C@H]1/C=C/[C@@H]1C[C@H]1CO. The van der Waals surface area contributed by atoms with Crippen LogP contribution >= 0.6 is 0 Å². The molecule has 5 fully saturated rings. The second-order valence-electron chi connectivity index (χ2n) is 12.6. The molecular weight excluding hydrogens is 360 g/mol. The summed E-state index contributed by atoms with van der Waals surface area (Å²) in [6.45, 7) is 13.3. The smallest absolute Gasteiger partial charge is 0.191 e. The third-order valence-corrected chi connectivity index (χ3v) is 14.1. The Morgan fingerprint density at radius 2 is 1.39 bits per heavy atom. The number of allylic oxidation sites excluding steroid dienone is 2. The van der Waals surface area contributed by atoms with Gasteiger partial charge in [0.15, 0.2) is 8.32 Å². The van der Waals surface area contributed by atoms with Crippen molar-refractivity contribution in [1.29, 1.82) is 0 Å². The standard InChI is InChI=1S/C25H42O2Si/c1-25(2,3)28(4,5)27-14-18-10-20(18)22-12-24(22)23-11-21(23)19-9-16(19)7-6-15-8-17(15)13-26/h6-7,15-24,26H,8-14H2,1-5H3/b7-6+/t15-,16-,17+,18+,19-,20-,21-,22+,23+,24+/m1/s1. The van der Waals surface area contributed by atoms with Gasteiger partial charge in [0.2, 0.25) is 0 Å². The van der Waals surface area contributed by atoms with Crippen molar-refractivity contribution in [1.82, 2.24) is 0 Å². The third kappa shape index (κ3) is 3.92. The molecule has 0 saturated heterocycles. The highest BCUT2D eigenvalue weighted by molar-refractivity contribution is 6.74. The molecule has 0 aromatic rings. The molecule has 0 radical (unpaired) electrons. The molecule has 0 bridgehead atoms. The summed E-state index contributed by atoms with van der Waals surface area (Å²) in [4.78, 5) is 0. The van der Waals surface area contributed by atoms with Crippen molar-refractivity contribution in [3.8, 4) is 0 Å². The van der Waals surface area contributed by atoms with E-state index in [1.807, 2.05) is 0 Å². The molecule has 0 heterocycles. The summed E-state index contributed by atoms with van der Waals surface area (Å²) in [5.74, 6) is 9.39. The van der Waals surface area contributed by atoms with Crippen LogP contribution in [0.2, 0.25) is 18.1 Å². The van der Waals surface area contributed by atoms with Gasteiger partial charge in [-0.15, -0.1) is 0 Å². The minimum Gasteiger partial charge on any atom is -0.417 e. The van der Waals surface area contributed by atoms with Gasteiger partial charge in [0.05, 0.1) is 0 Å². The molecule has 0 amide bonds. The number of hydrogen-bond acceptors (Lipinski definition) is 2. The fraction of sp³-hybridized carbons (Fsp3) is 0.920. The second-order valence-corrected chi connectivity index (χ2v) is 17.5. The Labute approximate surface area is 173 Å². The molecule has 0 aliphatic heterocycles. The van der Waals surface area contributed by atoms with Crippen LogP contribution in [0, 0.1) is 59.2 Å². The summed E-state index contributed by atoms with van der Waals surface area (Å²) in [5.41, 5.74) is 0. The number of rotatable bonds is 9. The summed E-state index contributed by atoms with van der Waals surface area (Å²) in [5, 5.41) is 9.51. The summed E-state index contributed by atoms with van der Waals surface area (Å²) in [7, 11) is -1.56. The van der Waals surface area contributed by atoms with Gasteiger partial charge in [-0.2, -0.15) is 0 Å². The molecule has 0 aromatic carbocycles. The first kappa shape index (κ1) is 19.8. The normalized spacial score (nSPS) is 49.4. The molecule has 3 heteroatoms. The van der Waals surface area contributed by atoms with Gasteiger partial charge in [0.25, 0.3) is 0 Å². The highest BCUT2D eigenvalue weighted by atomic mass is 28.4. The van der Waals surface area contributed by atoms with Crippen molar-refractivity contribution < 1.29 is 9.53 Å². The minimum absolute atomic E-state index is 0.342. The molecule has 5 aliphatic rings. The van der Waals surface area contributed by atoms with Gasteiger partial charge in [-0.3, -0.25) is 0 Å². The lowest BCUT2D eigenvalue weighted by atomic mass is 10.1. The van der Waals surface area contributed by atoms with Crippen molar-refractivity contribution in [3.05, 3.63) is 12.2 Å². The van der Waals surface area contributed by atoms with Crippen LogP contribution in [0.1, 0.15) is 52.9 Å². The second kappa shape index (κ2) is 6.69. The van der Waals surface area contributed by atoms with E-state index < -0.39 is 8.32 Å². The van der Waals surface area contributed by atoms with E-state index in [1.54, 1.807) is 0 Å². The molecule has 5 saturated carbocycles. The van der Waals surface area contributed by atoms with Gasteiger partial charge in [-0.25, -0.2) is 0 Å². The van der Waals surface area contributed by atoms with Gasteiger partial charge < -0.3 is 9.53 Å². The van der Waals surface area contributed by atoms with Crippen LogP contribution in [-0.2, 0) is 4.43 Å². The zero-order chi connectivity index (χ0) is 19.8. The van der Waals surface area contributed by atoms with E-state index in [0.717, 1.165) is 54.0 Å². The quantitative estimate of drug-likeness (QED) is 0.394. The van der Waals surface area contributed by atoms with E-state index >= 15 is 0 Å². The van der Waals surface area contributed by atoms with Crippen molar-refractivity contribution in [2.75, 3.05) is 13.2 Å². The van der Waals surface area contributed by atoms with Gasteiger partial charge in [-0.05, 0) is 109 Å². The maximum absolute atomic E-state index is 9.17. The Balaban J connectivity index is 1.01. The molecule has 0 unspecified atom stereocenters. The van der Waals surface area contributed by atoms with Crippen LogP contribution in [-0.4, -0.2) is 26.6 Å². The first-order valence-corrected chi connectivity index (χ1v) is 15.0. The molecule has 0 aromatic heterocycles. The maximum Gasteiger partial charge on any atom is 0.191 e. The minimum atomic E-state index is -1.56. The fourth-order valence-corrected chi connectivity index (χ4v) is 6.97. The van der Waals surface area contributed by atoms with E-state index in [0.29, 0.717) is 23.5 Å². The predicted molar refractivity (Wildman–Crippen MR) is 117 cm³/mol. The van der Waals surface area contributed by atoms with Crippen LogP contribution in [0.3, 0.4) is 0 Å². The van der Waals surface area contributed by atoms with Crippen LogP contribution < -0.4 is 0 Å². The molecule has 5 rings (SSSR count). The molecule has 0 spiro atoms. The maximum atomic E-state index is 9.17. The van der Waals surface area contributed by atoms with Gasteiger partial charge in [-0.1, -0.05) is 32.9 Å². The lowest BCUT2D eigenvalue weighted by Gasteiger charge is -2.36. The lowest BCUT2D eigenvalue weighted by Crippen LogP contribution is -2.41. The molecule has 5 aliphatic carbocycles. The Morgan fingerprint density at radius 1 is 0.786 bits per heavy atom. The zero-order valence-electron chi connectivity index (χ0n) is 18.7. The van der Waals surface area contributed by atoms with E-state index in [2.05, 4.69) is 46.0 Å². The first-order valence-electron chi connectivity index (χ1n) is 12.1. The van der Waals surface area contributed by atoms with Crippen molar-refractivity contribution in [3.63, 3.8) is 0 Å². The number of aliphatic hydroxyl groups is 1. The Hall–Kier alpha value is -0.123. The highest BCUT2D eigenvalue weighted by Gasteiger charge is 2.63. The van der Waals surface area contributed by atoms with E-state index in [-0.39, 0.29) is 0 Å². The average molecular weight is 403 g/mol. The Kier molecular flexibility index (Phi) is 4.73. The molecular formula is C25H42O2Si. The molecule has 2 nitrogen and oxygen atoms in total. The number of aliphatic hydroxyl groups excluding tert-OH is 1. The largest absolute Gasteiger partial charge is 0.417 e. The molecule has 158 valence electrons. The van der Waals surface area contributed by atoms with E-state index in [9.17, 15) is 5.11 Å². The Bertz CT molecular complexity index is 635. The van der Waals surface area contributed by atoms with Gasteiger partial charge >= 0.3 is 0 Å². The molecule has 1 N–H and O–H groups in total. The van der Waals surface area contributed by atoms with Crippen LogP contribution in [0.25, 0.3) is 0 Å². The summed E-state index contributed by atoms with van der Waals surface area (Å²) >= 11 is 0. The number of hydrogen-bond donors (Lipinski definition) is 1. The average Bonchev–Trinajstić information content (AvgIpc) is 3.47. The third-order valence-electron chi connectivity index (χ3n) is 9.58. The lowest BCUT2D eigenvalue weighted by molar-refractivity contribution is 0.261. The predicted octanol–water partition coefficient (Wildman–Crippen LogP) is 5.74. The highest BCUT2D eigenvalue weighted by Crippen LogP contribution is 2.70. The van der Waals surface area contributed by atoms with Gasteiger partial charge in [0.1, 0.15) is 0 Å². The van der Waals surface area contributed by atoms with E-state index in [4.69, 9.17) is 4.43 Å². The van der Waals surface area contributed by atoms with Crippen LogP contribution in [0.5, 0.6) is 0 Å². The van der Waals surface area contributed by atoms with Crippen molar-refractivity contribution in [2.45, 2.75) is 71.0 Å². The topological polar surface area (TPSA) is 29.5 Å². The van der Waals surface area contributed by atoms with Crippen LogP contribution in [0.15, 0.2) is 12.2 Å². The van der Waals surface area contributed by atoms with Gasteiger partial charge in [0, 0.05) is 13.2 Å². The molecule has 10 atom stereocenters. The first-order chi connectivity index (χ1) is 13.2. The van der Waals surface area contributed by atoms with Crippen molar-refractivity contribution in [2.24, 2.45) is 59.2 Å². The van der Waals surface area contributed by atoms with Crippen molar-refractivity contribution >= 4 is 8.32 Å². The van der Waals surface area contributed by atoms with Crippen LogP contribution in [0.4, 0.5) is 0 Å².